The zero-order chi connectivity index (χ0) is 17.2. The van der Waals surface area contributed by atoms with Crippen LogP contribution in [0.4, 0.5) is 16.5 Å². The van der Waals surface area contributed by atoms with Crippen molar-refractivity contribution in [2.24, 2.45) is 0 Å². The highest BCUT2D eigenvalue weighted by Gasteiger charge is 2.25. The van der Waals surface area contributed by atoms with Crippen molar-refractivity contribution in [2.45, 2.75) is 19.8 Å². The summed E-state index contributed by atoms with van der Waals surface area (Å²) < 4.78 is 0. The van der Waals surface area contributed by atoms with E-state index >= 15 is 0 Å². The third-order valence-corrected chi connectivity index (χ3v) is 4.99. The van der Waals surface area contributed by atoms with Crippen LogP contribution in [0.5, 0.6) is 0 Å². The Labute approximate surface area is 150 Å². The fraction of sp³-hybridized carbons (Fsp3) is 0.211. The molecular formula is C19H18N4OS. The van der Waals surface area contributed by atoms with Crippen LogP contribution >= 0.6 is 11.3 Å². The summed E-state index contributed by atoms with van der Waals surface area (Å²) in [5.41, 5.74) is 4.81. The number of aryl methyl sites for hydroxylation is 2. The zero-order valence-corrected chi connectivity index (χ0v) is 14.7. The van der Waals surface area contributed by atoms with Gasteiger partial charge in [-0.15, -0.1) is 11.3 Å². The van der Waals surface area contributed by atoms with Crippen LogP contribution in [-0.4, -0.2) is 22.4 Å². The first kappa shape index (κ1) is 15.8. The number of thiazole rings is 1. The molecule has 0 unspecified atom stereocenters. The van der Waals surface area contributed by atoms with Crippen LogP contribution in [0.2, 0.25) is 0 Å². The van der Waals surface area contributed by atoms with Gasteiger partial charge in [0.05, 0.1) is 11.9 Å². The molecular weight excluding hydrogens is 332 g/mol. The fourth-order valence-electron chi connectivity index (χ4n) is 3.06. The number of benzene rings is 1. The van der Waals surface area contributed by atoms with Crippen LogP contribution in [0, 0.1) is 6.92 Å². The molecule has 1 aliphatic heterocycles. The monoisotopic (exact) mass is 350 g/mol. The Hall–Kier alpha value is -2.73. The summed E-state index contributed by atoms with van der Waals surface area (Å²) in [5, 5.41) is 5.68. The summed E-state index contributed by atoms with van der Waals surface area (Å²) in [6.45, 7) is 2.82. The van der Waals surface area contributed by atoms with E-state index in [0.29, 0.717) is 10.8 Å². The Morgan fingerprint density at radius 2 is 2.24 bits per heavy atom. The number of fused-ring (bicyclic) bond motifs is 1. The van der Waals surface area contributed by atoms with Gasteiger partial charge in [-0.2, -0.15) is 0 Å². The number of hydrogen-bond donors (Lipinski definition) is 1. The molecule has 0 saturated carbocycles. The molecule has 0 spiro atoms. The Bertz CT molecular complexity index is 907. The molecule has 2 aromatic heterocycles. The molecule has 6 heteroatoms. The Morgan fingerprint density at radius 1 is 1.32 bits per heavy atom. The SMILES string of the molecule is Cc1ccc2c(c1)CCCN2C(=O)c1csc(Nc2cccnc2)n1. The van der Waals surface area contributed by atoms with Gasteiger partial charge in [0.15, 0.2) is 5.13 Å². The standard InChI is InChI=1S/C19H18N4OS/c1-13-6-7-17-14(10-13)4-3-9-23(17)18(24)16-12-25-19(22-16)21-15-5-2-8-20-11-15/h2,5-8,10-12H,3-4,9H2,1H3,(H,21,22). The number of carbonyl (C=O) groups is 1. The number of nitrogens with zero attached hydrogens (tertiary/aromatic N) is 3. The van der Waals surface area contributed by atoms with Crippen LogP contribution in [0.25, 0.3) is 0 Å². The molecule has 3 aromatic rings. The third-order valence-electron chi connectivity index (χ3n) is 4.23. The lowest BCUT2D eigenvalue weighted by Crippen LogP contribution is -2.35. The van der Waals surface area contributed by atoms with Crippen molar-refractivity contribution in [3.8, 4) is 0 Å². The van der Waals surface area contributed by atoms with E-state index in [1.54, 1.807) is 12.4 Å². The van der Waals surface area contributed by atoms with Crippen LogP contribution in [0.1, 0.15) is 28.0 Å². The normalized spacial score (nSPS) is 13.4. The Kier molecular flexibility index (Phi) is 4.19. The second kappa shape index (κ2) is 6.64. The summed E-state index contributed by atoms with van der Waals surface area (Å²) in [5.74, 6) is -0.0414. The summed E-state index contributed by atoms with van der Waals surface area (Å²) in [7, 11) is 0. The summed E-state index contributed by atoms with van der Waals surface area (Å²) in [6.07, 6.45) is 5.45. The fourth-order valence-corrected chi connectivity index (χ4v) is 3.77. The number of nitrogens with one attached hydrogen (secondary N) is 1. The molecule has 25 heavy (non-hydrogen) atoms. The second-order valence-corrected chi connectivity index (χ2v) is 6.96. The van der Waals surface area contributed by atoms with Crippen molar-refractivity contribution >= 4 is 33.8 Å². The van der Waals surface area contributed by atoms with E-state index in [9.17, 15) is 4.79 Å². The lowest BCUT2D eigenvalue weighted by Gasteiger charge is -2.29. The second-order valence-electron chi connectivity index (χ2n) is 6.10. The molecule has 4 rings (SSSR count). The largest absolute Gasteiger partial charge is 0.330 e. The van der Waals surface area contributed by atoms with Gasteiger partial charge in [0.2, 0.25) is 0 Å². The molecule has 3 heterocycles. The molecule has 1 amide bonds. The molecule has 0 fully saturated rings. The van der Waals surface area contributed by atoms with Crippen LogP contribution in [-0.2, 0) is 6.42 Å². The van der Waals surface area contributed by atoms with Gasteiger partial charge in [0.1, 0.15) is 5.69 Å². The van der Waals surface area contributed by atoms with Crippen LogP contribution in [0.3, 0.4) is 0 Å². The molecule has 0 bridgehead atoms. The van der Waals surface area contributed by atoms with Crippen molar-refractivity contribution in [2.75, 3.05) is 16.8 Å². The number of carbonyl (C=O) groups excluding carboxylic acids is 1. The lowest BCUT2D eigenvalue weighted by atomic mass is 9.99. The molecule has 0 saturated heterocycles. The highest BCUT2D eigenvalue weighted by atomic mass is 32.1. The lowest BCUT2D eigenvalue weighted by molar-refractivity contribution is 0.0981. The van der Waals surface area contributed by atoms with E-state index in [0.717, 1.165) is 30.8 Å². The van der Waals surface area contributed by atoms with Gasteiger partial charge in [-0.3, -0.25) is 9.78 Å². The summed E-state index contributed by atoms with van der Waals surface area (Å²) in [4.78, 5) is 23.3. The molecule has 0 radical (unpaired) electrons. The Balaban J connectivity index is 1.56. The zero-order valence-electron chi connectivity index (χ0n) is 13.9. The smallest absolute Gasteiger partial charge is 0.277 e. The predicted molar refractivity (Wildman–Crippen MR) is 101 cm³/mol. The van der Waals surface area contributed by atoms with Gasteiger partial charge in [0, 0.05) is 23.8 Å². The average Bonchev–Trinajstić information content (AvgIpc) is 3.09. The van der Waals surface area contributed by atoms with Crippen molar-refractivity contribution in [3.63, 3.8) is 0 Å². The molecule has 126 valence electrons. The summed E-state index contributed by atoms with van der Waals surface area (Å²) >= 11 is 1.42. The molecule has 5 nitrogen and oxygen atoms in total. The molecule has 0 atom stereocenters. The maximum Gasteiger partial charge on any atom is 0.277 e. The number of amides is 1. The number of anilines is 3. The number of rotatable bonds is 3. The van der Waals surface area contributed by atoms with Crippen molar-refractivity contribution < 1.29 is 4.79 Å². The highest BCUT2D eigenvalue weighted by Crippen LogP contribution is 2.30. The van der Waals surface area contributed by atoms with Gasteiger partial charge >= 0.3 is 0 Å². The van der Waals surface area contributed by atoms with Gasteiger partial charge in [-0.05, 0) is 43.5 Å². The first-order valence-corrected chi connectivity index (χ1v) is 9.12. The molecule has 1 N–H and O–H groups in total. The topological polar surface area (TPSA) is 58.1 Å². The summed E-state index contributed by atoms with van der Waals surface area (Å²) in [6, 6.07) is 10.0. The highest BCUT2D eigenvalue weighted by molar-refractivity contribution is 7.14. The van der Waals surface area contributed by atoms with Crippen LogP contribution < -0.4 is 10.2 Å². The average molecular weight is 350 g/mol. The third kappa shape index (κ3) is 3.25. The van der Waals surface area contributed by atoms with E-state index in [1.165, 1.54) is 22.5 Å². The minimum absolute atomic E-state index is 0.0414. The van der Waals surface area contributed by atoms with Crippen molar-refractivity contribution in [3.05, 3.63) is 64.9 Å². The van der Waals surface area contributed by atoms with E-state index in [-0.39, 0.29) is 5.91 Å². The maximum absolute atomic E-state index is 12.9. The molecule has 1 aromatic carbocycles. The van der Waals surface area contributed by atoms with Gasteiger partial charge in [-0.1, -0.05) is 17.7 Å². The predicted octanol–water partition coefficient (Wildman–Crippen LogP) is 4.18. The van der Waals surface area contributed by atoms with E-state index in [2.05, 4.69) is 34.3 Å². The van der Waals surface area contributed by atoms with Gasteiger partial charge in [-0.25, -0.2) is 4.98 Å². The number of hydrogen-bond acceptors (Lipinski definition) is 5. The minimum atomic E-state index is -0.0414. The van der Waals surface area contributed by atoms with Gasteiger partial charge < -0.3 is 10.2 Å². The number of aromatic nitrogens is 2. The molecule has 0 aliphatic carbocycles. The van der Waals surface area contributed by atoms with Crippen molar-refractivity contribution in [1.29, 1.82) is 0 Å². The maximum atomic E-state index is 12.9. The van der Waals surface area contributed by atoms with Crippen molar-refractivity contribution in [1.82, 2.24) is 9.97 Å². The van der Waals surface area contributed by atoms with Gasteiger partial charge in [0.25, 0.3) is 5.91 Å². The van der Waals surface area contributed by atoms with E-state index < -0.39 is 0 Å². The van der Waals surface area contributed by atoms with Crippen LogP contribution in [0.15, 0.2) is 48.1 Å². The Morgan fingerprint density at radius 3 is 3.08 bits per heavy atom. The quantitative estimate of drug-likeness (QED) is 0.770. The number of pyridine rings is 1. The minimum Gasteiger partial charge on any atom is -0.330 e. The first-order chi connectivity index (χ1) is 12.2. The molecule has 1 aliphatic rings. The van der Waals surface area contributed by atoms with E-state index in [4.69, 9.17) is 0 Å². The van der Waals surface area contributed by atoms with E-state index in [1.807, 2.05) is 28.5 Å². The first-order valence-electron chi connectivity index (χ1n) is 8.25.